The van der Waals surface area contributed by atoms with Gasteiger partial charge in [0.1, 0.15) is 0 Å². The summed E-state index contributed by atoms with van der Waals surface area (Å²) in [5.74, 6) is 1.09. The zero-order valence-corrected chi connectivity index (χ0v) is 26.1. The number of ether oxygens (including phenoxy) is 3. The van der Waals surface area contributed by atoms with Crippen molar-refractivity contribution in [3.05, 3.63) is 88.5 Å². The van der Waals surface area contributed by atoms with Crippen LogP contribution in [0.2, 0.25) is 0 Å². The highest BCUT2D eigenvalue weighted by Crippen LogP contribution is 2.37. The van der Waals surface area contributed by atoms with E-state index in [9.17, 15) is 9.59 Å². The van der Waals surface area contributed by atoms with Crippen molar-refractivity contribution in [2.24, 2.45) is 4.99 Å². The molecule has 3 aromatic rings. The lowest BCUT2D eigenvalue weighted by atomic mass is 9.92. The van der Waals surface area contributed by atoms with Gasteiger partial charge in [0.15, 0.2) is 16.3 Å². The monoisotopic (exact) mass is 626 g/mol. The lowest BCUT2D eigenvalue weighted by molar-refractivity contribution is -0.139. The van der Waals surface area contributed by atoms with Gasteiger partial charge in [-0.3, -0.25) is 9.36 Å². The molecule has 2 aromatic carbocycles. The fraction of sp³-hybridized carbons (Fsp3) is 0.387. The number of carbonyl (C=O) groups is 1. The zero-order chi connectivity index (χ0) is 29.0. The number of hydrogen-bond donors (Lipinski definition) is 0. The molecule has 0 fully saturated rings. The number of benzene rings is 2. The highest BCUT2D eigenvalue weighted by molar-refractivity contribution is 9.10. The topological polar surface area (TPSA) is 79.1 Å². The number of nitrogens with zero attached hydrogens (tertiary/aromatic N) is 2. The summed E-state index contributed by atoms with van der Waals surface area (Å²) in [6.45, 7) is 10.7. The van der Waals surface area contributed by atoms with Crippen LogP contribution in [0.1, 0.15) is 76.1 Å². The summed E-state index contributed by atoms with van der Waals surface area (Å²) < 4.78 is 19.6. The molecule has 0 bridgehead atoms. The van der Waals surface area contributed by atoms with Crippen LogP contribution in [0.25, 0.3) is 6.08 Å². The Labute approximate surface area is 246 Å². The van der Waals surface area contributed by atoms with Crippen LogP contribution in [0.5, 0.6) is 11.5 Å². The first-order valence-electron chi connectivity index (χ1n) is 13.6. The molecule has 0 unspecified atom stereocenters. The highest BCUT2D eigenvalue weighted by atomic mass is 79.9. The highest BCUT2D eigenvalue weighted by Gasteiger charge is 2.34. The minimum Gasteiger partial charge on any atom is -0.492 e. The van der Waals surface area contributed by atoms with Gasteiger partial charge in [0, 0.05) is 0 Å². The minimum absolute atomic E-state index is 0.219. The van der Waals surface area contributed by atoms with Crippen molar-refractivity contribution < 1.29 is 19.0 Å². The van der Waals surface area contributed by atoms with Gasteiger partial charge in [-0.05, 0) is 77.0 Å². The molecular weight excluding hydrogens is 592 g/mol. The number of aromatic nitrogens is 1. The van der Waals surface area contributed by atoms with E-state index in [1.807, 2.05) is 44.2 Å². The van der Waals surface area contributed by atoms with Gasteiger partial charge in [-0.15, -0.1) is 0 Å². The number of thiazole rings is 1. The van der Waals surface area contributed by atoms with Gasteiger partial charge in [0.05, 0.1) is 46.6 Å². The molecule has 0 radical (unpaired) electrons. The van der Waals surface area contributed by atoms with Gasteiger partial charge in [-0.1, -0.05) is 62.8 Å². The van der Waals surface area contributed by atoms with Crippen molar-refractivity contribution in [3.63, 3.8) is 0 Å². The first-order valence-corrected chi connectivity index (χ1v) is 15.2. The van der Waals surface area contributed by atoms with Crippen LogP contribution in [-0.2, 0) is 9.53 Å². The van der Waals surface area contributed by atoms with Crippen LogP contribution in [0.4, 0.5) is 0 Å². The lowest BCUT2D eigenvalue weighted by Gasteiger charge is -2.26. The normalized spacial score (nSPS) is 15.2. The Balaban J connectivity index is 1.96. The molecule has 40 heavy (non-hydrogen) atoms. The van der Waals surface area contributed by atoms with Crippen LogP contribution < -0.4 is 24.4 Å². The van der Waals surface area contributed by atoms with Gasteiger partial charge in [-0.25, -0.2) is 9.79 Å². The smallest absolute Gasteiger partial charge is 0.338 e. The van der Waals surface area contributed by atoms with Gasteiger partial charge in [0.2, 0.25) is 0 Å². The molecular formula is C31H35BrN2O5S. The number of carbonyl (C=O) groups excluding carboxylic acids is 1. The average molecular weight is 628 g/mol. The van der Waals surface area contributed by atoms with Crippen LogP contribution in [0.15, 0.2) is 61.9 Å². The number of halogens is 1. The predicted octanol–water partition coefficient (Wildman–Crippen LogP) is 5.87. The van der Waals surface area contributed by atoms with E-state index in [1.54, 1.807) is 18.6 Å². The maximum absolute atomic E-state index is 14.0. The van der Waals surface area contributed by atoms with E-state index in [4.69, 9.17) is 19.2 Å². The van der Waals surface area contributed by atoms with E-state index < -0.39 is 12.0 Å². The molecule has 0 N–H and O–H groups in total. The maximum atomic E-state index is 14.0. The van der Waals surface area contributed by atoms with Crippen LogP contribution in [-0.4, -0.2) is 30.9 Å². The van der Waals surface area contributed by atoms with Crippen molar-refractivity contribution in [3.8, 4) is 11.5 Å². The maximum Gasteiger partial charge on any atom is 0.338 e. The van der Waals surface area contributed by atoms with Crippen LogP contribution in [0, 0.1) is 0 Å². The van der Waals surface area contributed by atoms with E-state index >= 15 is 0 Å². The number of allylic oxidation sites excluding steroid dienone is 1. The fourth-order valence-electron chi connectivity index (χ4n) is 4.78. The Morgan fingerprint density at radius 2 is 1.88 bits per heavy atom. The molecule has 7 nitrogen and oxygen atoms in total. The second kappa shape index (κ2) is 13.0. The molecule has 1 aliphatic rings. The average Bonchev–Trinajstić information content (AvgIpc) is 3.22. The second-order valence-corrected chi connectivity index (χ2v) is 11.6. The van der Waals surface area contributed by atoms with Crippen LogP contribution in [0.3, 0.4) is 0 Å². The molecule has 9 heteroatoms. The SMILES string of the molecule is CCCC1=C(C(=O)OCC)[C@@H](c2ccc(C(C)C)cc2)n2c(s/c(=C\c3cc(Br)c(OC)c(OCC)c3)c2=O)=N1. The number of esters is 1. The molecule has 4 rings (SSSR count). The summed E-state index contributed by atoms with van der Waals surface area (Å²) in [6, 6.07) is 11.2. The summed E-state index contributed by atoms with van der Waals surface area (Å²) in [5.41, 5.74) is 3.67. The number of hydrogen-bond acceptors (Lipinski definition) is 7. The Morgan fingerprint density at radius 3 is 2.48 bits per heavy atom. The second-order valence-electron chi connectivity index (χ2n) is 9.70. The number of methoxy groups -OCH3 is 1. The zero-order valence-electron chi connectivity index (χ0n) is 23.7. The third kappa shape index (κ3) is 5.95. The first-order chi connectivity index (χ1) is 19.2. The summed E-state index contributed by atoms with van der Waals surface area (Å²) in [7, 11) is 1.59. The Kier molecular flexibility index (Phi) is 9.68. The molecule has 0 saturated carbocycles. The van der Waals surface area contributed by atoms with Crippen molar-refractivity contribution in [1.82, 2.24) is 4.57 Å². The summed E-state index contributed by atoms with van der Waals surface area (Å²) >= 11 is 4.86. The van der Waals surface area contributed by atoms with Gasteiger partial charge >= 0.3 is 5.97 Å². The quantitative estimate of drug-likeness (QED) is 0.263. The van der Waals surface area contributed by atoms with Crippen molar-refractivity contribution in [2.45, 2.75) is 59.4 Å². The molecule has 1 atom stereocenters. The van der Waals surface area contributed by atoms with E-state index in [2.05, 4.69) is 41.9 Å². The number of fused-ring (bicyclic) bond motifs is 1. The Hall–Kier alpha value is -3.17. The van der Waals surface area contributed by atoms with Crippen molar-refractivity contribution >= 4 is 39.3 Å². The van der Waals surface area contributed by atoms with E-state index in [1.165, 1.54) is 16.9 Å². The molecule has 0 saturated heterocycles. The summed E-state index contributed by atoms with van der Waals surface area (Å²) in [5, 5.41) is 0. The molecule has 212 valence electrons. The summed E-state index contributed by atoms with van der Waals surface area (Å²) in [6.07, 6.45) is 3.22. The largest absolute Gasteiger partial charge is 0.492 e. The molecule has 1 aromatic heterocycles. The van der Waals surface area contributed by atoms with Crippen molar-refractivity contribution in [1.29, 1.82) is 0 Å². The van der Waals surface area contributed by atoms with Crippen LogP contribution >= 0.6 is 27.3 Å². The third-order valence-electron chi connectivity index (χ3n) is 6.64. The third-order valence-corrected chi connectivity index (χ3v) is 8.22. The van der Waals surface area contributed by atoms with Gasteiger partial charge < -0.3 is 14.2 Å². The standard InChI is InChI=1S/C31H35BrN2O5S/c1-7-10-23-26(30(36)39-9-3)27(21-13-11-20(12-14-21)18(4)5)34-29(35)25(40-31(34)33-23)17-19-15-22(32)28(37-6)24(16-19)38-8-2/h11-18,27H,7-10H2,1-6H3/b25-17-/t27-/m1/s1. The van der Waals surface area contributed by atoms with E-state index in [-0.39, 0.29) is 12.2 Å². The summed E-state index contributed by atoms with van der Waals surface area (Å²) in [4.78, 5) is 32.8. The molecule has 0 aliphatic carbocycles. The lowest BCUT2D eigenvalue weighted by Crippen LogP contribution is -2.40. The molecule has 0 spiro atoms. The fourth-order valence-corrected chi connectivity index (χ4v) is 6.42. The first kappa shape index (κ1) is 29.8. The van der Waals surface area contributed by atoms with E-state index in [0.29, 0.717) is 51.0 Å². The van der Waals surface area contributed by atoms with Crippen molar-refractivity contribution in [2.75, 3.05) is 20.3 Å². The number of rotatable bonds is 10. The minimum atomic E-state index is -0.637. The Bertz CT molecular complexity index is 1600. The Morgan fingerprint density at radius 1 is 1.15 bits per heavy atom. The van der Waals surface area contributed by atoms with E-state index in [0.717, 1.165) is 22.0 Å². The van der Waals surface area contributed by atoms with Gasteiger partial charge in [0.25, 0.3) is 5.56 Å². The molecule has 1 aliphatic heterocycles. The van der Waals surface area contributed by atoms with Gasteiger partial charge in [-0.2, -0.15) is 0 Å². The molecule has 0 amide bonds. The predicted molar refractivity (Wildman–Crippen MR) is 162 cm³/mol. The molecule has 2 heterocycles.